The van der Waals surface area contributed by atoms with E-state index in [9.17, 15) is 19.3 Å². The molecular weight excluding hydrogens is 441 g/mol. The van der Waals surface area contributed by atoms with Crippen LogP contribution in [0.5, 0.6) is 0 Å². The molecule has 0 radical (unpaired) electrons. The Balaban J connectivity index is 1.79. The van der Waals surface area contributed by atoms with Crippen LogP contribution in [0.4, 0.5) is 4.39 Å². The molecule has 0 saturated heterocycles. The van der Waals surface area contributed by atoms with E-state index in [0.717, 1.165) is 10.6 Å². The molecule has 0 saturated carbocycles. The fourth-order valence-electron chi connectivity index (χ4n) is 3.62. The first-order chi connectivity index (χ1) is 16.0. The molecule has 0 fully saturated rings. The molecule has 0 bridgehead atoms. The lowest BCUT2D eigenvalue weighted by Gasteiger charge is -2.23. The lowest BCUT2D eigenvalue weighted by atomic mass is 9.92. The molecule has 1 aromatic heterocycles. The fourth-order valence-corrected chi connectivity index (χ4v) is 4.85. The van der Waals surface area contributed by atoms with Crippen LogP contribution in [0.15, 0.2) is 102 Å². The van der Waals surface area contributed by atoms with E-state index in [1.165, 1.54) is 42.2 Å². The Kier molecular flexibility index (Phi) is 6.95. The number of aromatic nitrogens is 2. The summed E-state index contributed by atoms with van der Waals surface area (Å²) in [5, 5.41) is 10.7. The number of rotatable bonds is 9. The first-order valence-electron chi connectivity index (χ1n) is 10.2. The van der Waals surface area contributed by atoms with Gasteiger partial charge in [0.1, 0.15) is 5.82 Å². The molecule has 8 heteroatoms. The zero-order valence-corrected chi connectivity index (χ0v) is 18.3. The predicted molar refractivity (Wildman–Crippen MR) is 125 cm³/mol. The molecule has 2 atom stereocenters. The summed E-state index contributed by atoms with van der Waals surface area (Å²) in [6.07, 6.45) is 3.22. The number of thioether (sulfide) groups is 1. The van der Waals surface area contributed by atoms with Crippen molar-refractivity contribution < 1.29 is 14.1 Å². The molecule has 166 valence electrons. The van der Waals surface area contributed by atoms with Crippen molar-refractivity contribution in [1.82, 2.24) is 9.55 Å². The first-order valence-corrected chi connectivity index (χ1v) is 11.1. The minimum atomic E-state index is -0.854. The van der Waals surface area contributed by atoms with Crippen molar-refractivity contribution in [2.24, 2.45) is 0 Å². The Hall–Kier alpha value is -3.78. The third kappa shape index (κ3) is 5.35. The van der Waals surface area contributed by atoms with Gasteiger partial charge in [0.25, 0.3) is 0 Å². The third-order valence-corrected chi connectivity index (χ3v) is 6.51. The van der Waals surface area contributed by atoms with Crippen molar-refractivity contribution in [3.63, 3.8) is 0 Å². The SMILES string of the molecule is O=C(c1nccn1-c1ccccc1)[C@@H](Sc1ccccc1)[C@H](C[N+](=O)[O-])c1ccc(F)cc1. The lowest BCUT2D eigenvalue weighted by molar-refractivity contribution is -0.483. The van der Waals surface area contributed by atoms with Crippen LogP contribution in [0.2, 0.25) is 0 Å². The molecule has 0 aliphatic heterocycles. The van der Waals surface area contributed by atoms with Gasteiger partial charge >= 0.3 is 0 Å². The minimum absolute atomic E-state index is 0.185. The molecule has 4 aromatic rings. The summed E-state index contributed by atoms with van der Waals surface area (Å²) in [6, 6.07) is 24.0. The van der Waals surface area contributed by atoms with Crippen LogP contribution in [-0.4, -0.2) is 32.1 Å². The van der Waals surface area contributed by atoms with Crippen LogP contribution in [-0.2, 0) is 0 Å². The summed E-state index contributed by atoms with van der Waals surface area (Å²) in [5.41, 5.74) is 1.28. The van der Waals surface area contributed by atoms with Gasteiger partial charge < -0.3 is 0 Å². The van der Waals surface area contributed by atoms with E-state index in [4.69, 9.17) is 0 Å². The number of Topliss-reactive ketones (excluding diaryl/α,β-unsaturated/α-hetero) is 1. The van der Waals surface area contributed by atoms with Crippen molar-refractivity contribution in [2.75, 3.05) is 6.54 Å². The van der Waals surface area contributed by atoms with Gasteiger partial charge in [-0.2, -0.15) is 0 Å². The summed E-state index contributed by atoms with van der Waals surface area (Å²) in [6.45, 7) is -0.478. The Bertz CT molecular complexity index is 1230. The summed E-state index contributed by atoms with van der Waals surface area (Å²) in [4.78, 5) is 30.1. The van der Waals surface area contributed by atoms with Crippen molar-refractivity contribution in [2.45, 2.75) is 16.1 Å². The van der Waals surface area contributed by atoms with Crippen molar-refractivity contribution in [1.29, 1.82) is 0 Å². The molecule has 3 aromatic carbocycles. The van der Waals surface area contributed by atoms with Crippen LogP contribution in [0.25, 0.3) is 5.69 Å². The number of imidazole rings is 1. The molecule has 0 aliphatic carbocycles. The van der Waals surface area contributed by atoms with E-state index < -0.39 is 28.5 Å². The van der Waals surface area contributed by atoms with E-state index in [2.05, 4.69) is 4.98 Å². The summed E-state index contributed by atoms with van der Waals surface area (Å²) >= 11 is 1.25. The molecule has 33 heavy (non-hydrogen) atoms. The number of benzene rings is 3. The van der Waals surface area contributed by atoms with E-state index in [-0.39, 0.29) is 11.6 Å². The predicted octanol–water partition coefficient (Wildman–Crippen LogP) is 5.42. The van der Waals surface area contributed by atoms with Gasteiger partial charge in [0.15, 0.2) is 5.82 Å². The van der Waals surface area contributed by atoms with Crippen LogP contribution >= 0.6 is 11.8 Å². The quantitative estimate of drug-likeness (QED) is 0.144. The second-order valence-corrected chi connectivity index (χ2v) is 8.56. The molecule has 4 rings (SSSR count). The molecule has 0 N–H and O–H groups in total. The van der Waals surface area contributed by atoms with Crippen LogP contribution in [0.1, 0.15) is 22.1 Å². The van der Waals surface area contributed by atoms with Crippen LogP contribution < -0.4 is 0 Å². The van der Waals surface area contributed by atoms with Gasteiger partial charge in [0, 0.05) is 27.9 Å². The van der Waals surface area contributed by atoms with Crippen LogP contribution in [0, 0.1) is 15.9 Å². The van der Waals surface area contributed by atoms with Gasteiger partial charge in [0.05, 0.1) is 11.2 Å². The Morgan fingerprint density at radius 3 is 2.27 bits per heavy atom. The van der Waals surface area contributed by atoms with Crippen LogP contribution in [0.3, 0.4) is 0 Å². The lowest BCUT2D eigenvalue weighted by Crippen LogP contribution is -2.32. The van der Waals surface area contributed by atoms with Gasteiger partial charge in [-0.3, -0.25) is 19.5 Å². The number of carbonyl (C=O) groups excluding carboxylic acids is 1. The number of hydrogen-bond acceptors (Lipinski definition) is 5. The number of para-hydroxylation sites is 1. The van der Waals surface area contributed by atoms with Gasteiger partial charge in [-0.05, 0) is 42.0 Å². The van der Waals surface area contributed by atoms with E-state index in [1.807, 2.05) is 60.7 Å². The molecule has 0 unspecified atom stereocenters. The maximum Gasteiger partial charge on any atom is 0.212 e. The topological polar surface area (TPSA) is 78.0 Å². The Morgan fingerprint density at radius 1 is 1.00 bits per heavy atom. The largest absolute Gasteiger partial charge is 0.297 e. The third-order valence-electron chi connectivity index (χ3n) is 5.17. The second-order valence-electron chi connectivity index (χ2n) is 7.35. The van der Waals surface area contributed by atoms with Gasteiger partial charge in [-0.1, -0.05) is 48.5 Å². The van der Waals surface area contributed by atoms with E-state index in [1.54, 1.807) is 10.8 Å². The first kappa shape index (κ1) is 22.4. The van der Waals surface area contributed by atoms with Gasteiger partial charge in [-0.25, -0.2) is 9.37 Å². The monoisotopic (exact) mass is 461 g/mol. The standard InChI is InChI=1S/C25H20FN3O3S/c26-19-13-11-18(12-14-19)22(17-29(31)32)24(33-21-9-5-2-6-10-21)23(30)25-27-15-16-28(25)20-7-3-1-4-8-20/h1-16,22,24H,17H2/t22-,24+/m1/s1. The molecular formula is C25H20FN3O3S. The van der Waals surface area contributed by atoms with Gasteiger partial charge in [0.2, 0.25) is 12.3 Å². The molecule has 0 spiro atoms. The smallest absolute Gasteiger partial charge is 0.212 e. The average molecular weight is 462 g/mol. The number of hydrogen-bond donors (Lipinski definition) is 0. The minimum Gasteiger partial charge on any atom is -0.297 e. The second kappa shape index (κ2) is 10.2. The fraction of sp³-hybridized carbons (Fsp3) is 0.120. The number of carbonyl (C=O) groups is 1. The normalized spacial score (nSPS) is 12.8. The number of nitrogens with zero attached hydrogens (tertiary/aromatic N) is 3. The zero-order chi connectivity index (χ0) is 23.2. The number of halogens is 1. The summed E-state index contributed by atoms with van der Waals surface area (Å²) in [5.74, 6) is -1.39. The average Bonchev–Trinajstić information content (AvgIpc) is 3.33. The number of nitro groups is 1. The van der Waals surface area contributed by atoms with Gasteiger partial charge in [-0.15, -0.1) is 11.8 Å². The molecule has 6 nitrogen and oxygen atoms in total. The van der Waals surface area contributed by atoms with E-state index in [0.29, 0.717) is 5.56 Å². The molecule has 0 aliphatic rings. The maximum absolute atomic E-state index is 13.9. The zero-order valence-electron chi connectivity index (χ0n) is 17.5. The van der Waals surface area contributed by atoms with Crippen molar-refractivity contribution in [3.8, 4) is 5.69 Å². The Labute approximate surface area is 194 Å². The number of ketones is 1. The summed E-state index contributed by atoms with van der Waals surface area (Å²) < 4.78 is 15.2. The Morgan fingerprint density at radius 2 is 1.64 bits per heavy atom. The highest BCUT2D eigenvalue weighted by Crippen LogP contribution is 2.36. The molecule has 0 amide bonds. The van der Waals surface area contributed by atoms with Crippen molar-refractivity contribution in [3.05, 3.63) is 125 Å². The molecule has 1 heterocycles. The van der Waals surface area contributed by atoms with E-state index >= 15 is 0 Å². The highest BCUT2D eigenvalue weighted by atomic mass is 32.2. The van der Waals surface area contributed by atoms with Crippen molar-refractivity contribution >= 4 is 17.5 Å². The summed E-state index contributed by atoms with van der Waals surface area (Å²) in [7, 11) is 0. The highest BCUT2D eigenvalue weighted by molar-refractivity contribution is 8.00. The maximum atomic E-state index is 13.9. The highest BCUT2D eigenvalue weighted by Gasteiger charge is 2.37.